The monoisotopic (exact) mass is 412 g/mol. The van der Waals surface area contributed by atoms with Gasteiger partial charge in [0.25, 0.3) is 5.91 Å². The second-order valence-corrected chi connectivity index (χ2v) is 8.46. The van der Waals surface area contributed by atoms with Gasteiger partial charge in [-0.1, -0.05) is 11.6 Å². The topological polar surface area (TPSA) is 84.9 Å². The molecule has 7 nitrogen and oxygen atoms in total. The third kappa shape index (κ3) is 5.12. The van der Waals surface area contributed by atoms with E-state index in [0.717, 1.165) is 4.31 Å². The van der Waals surface area contributed by atoms with Gasteiger partial charge in [0.05, 0.1) is 17.0 Å². The van der Waals surface area contributed by atoms with Gasteiger partial charge in [0.1, 0.15) is 11.5 Å². The first-order valence-electron chi connectivity index (χ1n) is 7.94. The number of carbonyl (C=O) groups excluding carboxylic acids is 1. The van der Waals surface area contributed by atoms with E-state index in [2.05, 4.69) is 5.32 Å². The van der Waals surface area contributed by atoms with Crippen LogP contribution in [0.4, 0.5) is 5.69 Å². The number of nitrogens with one attached hydrogen (secondary N) is 1. The molecular weight excluding hydrogens is 392 g/mol. The van der Waals surface area contributed by atoms with Crippen LogP contribution in [0.15, 0.2) is 41.3 Å². The summed E-state index contributed by atoms with van der Waals surface area (Å²) in [6.07, 6.45) is 0. The van der Waals surface area contributed by atoms with Crippen molar-refractivity contribution in [2.24, 2.45) is 0 Å². The molecule has 27 heavy (non-hydrogen) atoms. The van der Waals surface area contributed by atoms with E-state index in [1.165, 1.54) is 39.4 Å². The molecule has 9 heteroatoms. The maximum Gasteiger partial charge on any atom is 0.262 e. The van der Waals surface area contributed by atoms with Gasteiger partial charge in [0, 0.05) is 19.8 Å². The second kappa shape index (κ2) is 8.60. The maximum absolute atomic E-state index is 12.1. The Balaban J connectivity index is 2.02. The van der Waals surface area contributed by atoms with Crippen molar-refractivity contribution in [3.05, 3.63) is 47.0 Å². The number of methoxy groups -OCH3 is 1. The summed E-state index contributed by atoms with van der Waals surface area (Å²) in [6, 6.07) is 9.36. The molecule has 2 rings (SSSR count). The summed E-state index contributed by atoms with van der Waals surface area (Å²) in [6.45, 7) is 1.48. The highest BCUT2D eigenvalue weighted by Gasteiger charge is 2.18. The molecule has 146 valence electrons. The summed E-state index contributed by atoms with van der Waals surface area (Å²) in [7, 11) is 0.909. The van der Waals surface area contributed by atoms with Gasteiger partial charge >= 0.3 is 0 Å². The third-order valence-corrected chi connectivity index (χ3v) is 5.83. The van der Waals surface area contributed by atoms with Gasteiger partial charge in [-0.2, -0.15) is 0 Å². The van der Waals surface area contributed by atoms with Gasteiger partial charge in [-0.25, -0.2) is 12.7 Å². The molecule has 0 aliphatic carbocycles. The molecule has 0 aromatic heterocycles. The van der Waals surface area contributed by atoms with Crippen LogP contribution < -0.4 is 14.8 Å². The van der Waals surface area contributed by atoms with Crippen LogP contribution in [0, 0.1) is 6.92 Å². The van der Waals surface area contributed by atoms with E-state index in [4.69, 9.17) is 21.1 Å². The Morgan fingerprint density at radius 3 is 2.37 bits per heavy atom. The quantitative estimate of drug-likeness (QED) is 0.755. The van der Waals surface area contributed by atoms with Gasteiger partial charge in [-0.3, -0.25) is 4.79 Å². The average Bonchev–Trinajstić information content (AvgIpc) is 2.60. The van der Waals surface area contributed by atoms with Crippen LogP contribution in [-0.2, 0) is 14.8 Å². The molecular formula is C18H21ClN2O5S. The van der Waals surface area contributed by atoms with Gasteiger partial charge in [-0.15, -0.1) is 0 Å². The number of carbonyl (C=O) groups is 1. The summed E-state index contributed by atoms with van der Waals surface area (Å²) in [5.41, 5.74) is 1.12. The van der Waals surface area contributed by atoms with E-state index in [1.54, 1.807) is 25.1 Å². The fourth-order valence-electron chi connectivity index (χ4n) is 2.24. The van der Waals surface area contributed by atoms with Crippen molar-refractivity contribution in [1.82, 2.24) is 4.31 Å². The first kappa shape index (κ1) is 21.0. The number of nitrogens with zero attached hydrogens (tertiary/aromatic N) is 1. The first-order valence-corrected chi connectivity index (χ1v) is 9.76. The van der Waals surface area contributed by atoms with Crippen LogP contribution >= 0.6 is 11.6 Å². The normalized spacial score (nSPS) is 11.3. The Labute approximate surface area is 163 Å². The first-order chi connectivity index (χ1) is 12.6. The van der Waals surface area contributed by atoms with Crippen molar-refractivity contribution < 1.29 is 22.7 Å². The van der Waals surface area contributed by atoms with Gasteiger partial charge in [-0.05, 0) is 48.9 Å². The number of hydrogen-bond acceptors (Lipinski definition) is 5. The van der Waals surface area contributed by atoms with Gasteiger partial charge < -0.3 is 14.8 Å². The van der Waals surface area contributed by atoms with Crippen molar-refractivity contribution in [3.8, 4) is 11.5 Å². The maximum atomic E-state index is 12.1. The average molecular weight is 413 g/mol. The Kier molecular flexibility index (Phi) is 6.69. The van der Waals surface area contributed by atoms with Gasteiger partial charge in [0.2, 0.25) is 10.0 Å². The standard InChI is InChI=1S/C18H21ClN2O5S/c1-12-9-14(27(23,24)21(2)3)6-8-16(12)26-11-18(22)20-13-5-7-17(25-4)15(19)10-13/h5-10H,11H2,1-4H3,(H,20,22). The molecule has 0 unspecified atom stereocenters. The van der Waals surface area contributed by atoms with Gasteiger partial charge in [0.15, 0.2) is 6.61 Å². The molecule has 0 bridgehead atoms. The molecule has 0 radical (unpaired) electrons. The minimum Gasteiger partial charge on any atom is -0.495 e. The number of sulfonamides is 1. The lowest BCUT2D eigenvalue weighted by Crippen LogP contribution is -2.22. The van der Waals surface area contributed by atoms with Crippen LogP contribution in [0.2, 0.25) is 5.02 Å². The highest BCUT2D eigenvalue weighted by Crippen LogP contribution is 2.27. The van der Waals surface area contributed by atoms with Crippen molar-refractivity contribution in [1.29, 1.82) is 0 Å². The number of rotatable bonds is 7. The number of benzene rings is 2. The van der Waals surface area contributed by atoms with Crippen molar-refractivity contribution >= 4 is 33.2 Å². The molecule has 0 aliphatic rings. The minimum atomic E-state index is -3.52. The Morgan fingerprint density at radius 2 is 1.81 bits per heavy atom. The van der Waals surface area contributed by atoms with E-state index in [0.29, 0.717) is 27.8 Å². The Hall–Kier alpha value is -2.29. The zero-order chi connectivity index (χ0) is 20.2. The van der Waals surface area contributed by atoms with Crippen LogP contribution in [0.5, 0.6) is 11.5 Å². The van der Waals surface area contributed by atoms with E-state index >= 15 is 0 Å². The van der Waals surface area contributed by atoms with E-state index in [9.17, 15) is 13.2 Å². The van der Waals surface area contributed by atoms with E-state index in [-0.39, 0.29) is 17.4 Å². The predicted octanol–water partition coefficient (Wildman–Crippen LogP) is 2.92. The molecule has 0 saturated heterocycles. The van der Waals surface area contributed by atoms with Crippen LogP contribution in [-0.4, -0.2) is 46.4 Å². The lowest BCUT2D eigenvalue weighted by molar-refractivity contribution is -0.118. The highest BCUT2D eigenvalue weighted by atomic mass is 35.5. The fourth-order valence-corrected chi connectivity index (χ4v) is 3.48. The number of aryl methyl sites for hydroxylation is 1. The van der Waals surface area contributed by atoms with Crippen molar-refractivity contribution in [2.75, 3.05) is 33.1 Å². The molecule has 1 amide bonds. The molecule has 0 saturated carbocycles. The lowest BCUT2D eigenvalue weighted by atomic mass is 10.2. The fraction of sp³-hybridized carbons (Fsp3) is 0.278. The van der Waals surface area contributed by atoms with Crippen LogP contribution in [0.1, 0.15) is 5.56 Å². The molecule has 0 heterocycles. The van der Waals surface area contributed by atoms with Crippen molar-refractivity contribution in [3.63, 3.8) is 0 Å². The smallest absolute Gasteiger partial charge is 0.262 e. The Bertz CT molecular complexity index is 945. The van der Waals surface area contributed by atoms with Crippen LogP contribution in [0.3, 0.4) is 0 Å². The molecule has 0 fully saturated rings. The molecule has 0 atom stereocenters. The molecule has 0 aliphatic heterocycles. The molecule has 2 aromatic carbocycles. The Morgan fingerprint density at radius 1 is 1.15 bits per heavy atom. The largest absolute Gasteiger partial charge is 0.495 e. The molecule has 2 aromatic rings. The summed E-state index contributed by atoms with van der Waals surface area (Å²) < 4.78 is 36.0. The number of hydrogen-bond donors (Lipinski definition) is 1. The second-order valence-electron chi connectivity index (χ2n) is 5.90. The molecule has 0 spiro atoms. The van der Waals surface area contributed by atoms with Crippen molar-refractivity contribution in [2.45, 2.75) is 11.8 Å². The number of amides is 1. The summed E-state index contributed by atoms with van der Waals surface area (Å²) in [5, 5.41) is 3.05. The third-order valence-electron chi connectivity index (χ3n) is 3.72. The summed E-state index contributed by atoms with van der Waals surface area (Å²) in [4.78, 5) is 12.2. The number of anilines is 1. The predicted molar refractivity (Wildman–Crippen MR) is 104 cm³/mol. The van der Waals surface area contributed by atoms with E-state index < -0.39 is 10.0 Å². The lowest BCUT2D eigenvalue weighted by Gasteiger charge is -2.14. The van der Waals surface area contributed by atoms with E-state index in [1.807, 2.05) is 0 Å². The SMILES string of the molecule is COc1ccc(NC(=O)COc2ccc(S(=O)(=O)N(C)C)cc2C)cc1Cl. The zero-order valence-corrected chi connectivity index (χ0v) is 17.0. The molecule has 1 N–H and O–H groups in total. The summed E-state index contributed by atoms with van der Waals surface area (Å²) in [5.74, 6) is 0.561. The summed E-state index contributed by atoms with van der Waals surface area (Å²) >= 11 is 6.02. The minimum absolute atomic E-state index is 0.162. The van der Waals surface area contributed by atoms with Crippen LogP contribution in [0.25, 0.3) is 0 Å². The number of ether oxygens (including phenoxy) is 2. The highest BCUT2D eigenvalue weighted by molar-refractivity contribution is 7.89. The number of halogens is 1. The zero-order valence-electron chi connectivity index (χ0n) is 15.4.